The Morgan fingerprint density at radius 1 is 0.343 bits per heavy atom. The van der Waals surface area contributed by atoms with Gasteiger partial charge in [0.2, 0.25) is 0 Å². The van der Waals surface area contributed by atoms with E-state index in [1.54, 1.807) is 0 Å². The Hall–Kier alpha value is -7.78. The highest BCUT2D eigenvalue weighted by Gasteiger charge is 2.50. The summed E-state index contributed by atoms with van der Waals surface area (Å²) in [5.41, 5.74) is 18.8. The summed E-state index contributed by atoms with van der Waals surface area (Å²) in [6, 6.07) is 93.5. The summed E-state index contributed by atoms with van der Waals surface area (Å²) in [7, 11) is -2.82. The summed E-state index contributed by atoms with van der Waals surface area (Å²) in [6.45, 7) is 9.77. The van der Waals surface area contributed by atoms with E-state index in [9.17, 15) is 0 Å². The standard InChI is InChI=1S/C68H57NSi/c1-67(2)42-43-68(3,4)65-60(37-23-39-62(65)67)58-34-17-19-40-63(58)69(54-46-51(48-24-9-5-10-25-48)44-52(47-54)49-26-11-6-12-27-49)53-29-21-28-50(45-53)57-36-22-38-61-59-35-18-20-41-64(59)70(66(57)61,55-30-13-7-14-31-55)56-32-15-8-16-33-56/h5-41,44-47H,42-43H2,1-4H3. The quantitative estimate of drug-likeness (QED) is 0.130. The van der Waals surface area contributed by atoms with Crippen molar-refractivity contribution in [3.8, 4) is 55.6 Å². The predicted molar refractivity (Wildman–Crippen MR) is 301 cm³/mol. The second-order valence-electron chi connectivity index (χ2n) is 20.7. The van der Waals surface area contributed by atoms with Gasteiger partial charge in [-0.25, -0.2) is 0 Å². The van der Waals surface area contributed by atoms with Gasteiger partial charge in [0.15, 0.2) is 8.07 Å². The van der Waals surface area contributed by atoms with Crippen LogP contribution in [0.25, 0.3) is 55.6 Å². The van der Waals surface area contributed by atoms with Gasteiger partial charge in [0.1, 0.15) is 0 Å². The lowest BCUT2D eigenvalue weighted by atomic mass is 9.61. The normalized spacial score (nSPS) is 14.8. The van der Waals surface area contributed by atoms with Crippen molar-refractivity contribution in [1.29, 1.82) is 0 Å². The van der Waals surface area contributed by atoms with Gasteiger partial charge in [-0.1, -0.05) is 240 Å². The average molecular weight is 916 g/mol. The molecular weight excluding hydrogens is 859 g/mol. The molecule has 1 heterocycles. The Morgan fingerprint density at radius 2 is 0.814 bits per heavy atom. The summed E-state index contributed by atoms with van der Waals surface area (Å²) >= 11 is 0. The Balaban J connectivity index is 1.14. The molecule has 0 N–H and O–H groups in total. The zero-order valence-corrected chi connectivity index (χ0v) is 41.5. The Labute approximate surface area is 415 Å². The minimum atomic E-state index is -2.82. The molecule has 0 bridgehead atoms. The molecule has 2 heteroatoms. The minimum absolute atomic E-state index is 0.00612. The molecule has 12 rings (SSSR count). The van der Waals surface area contributed by atoms with E-state index < -0.39 is 8.07 Å². The summed E-state index contributed by atoms with van der Waals surface area (Å²) < 4.78 is 0. The Morgan fingerprint density at radius 3 is 1.47 bits per heavy atom. The van der Waals surface area contributed by atoms with E-state index in [1.807, 2.05) is 0 Å². The van der Waals surface area contributed by atoms with Crippen molar-refractivity contribution >= 4 is 45.9 Å². The summed E-state index contributed by atoms with van der Waals surface area (Å²) in [6.07, 6.45) is 2.30. The van der Waals surface area contributed by atoms with Gasteiger partial charge in [-0.2, -0.15) is 0 Å². The van der Waals surface area contributed by atoms with Crippen molar-refractivity contribution in [3.05, 3.63) is 260 Å². The van der Waals surface area contributed by atoms with Crippen LogP contribution in [0, 0.1) is 0 Å². The number of nitrogens with zero attached hydrogens (tertiary/aromatic N) is 1. The molecular formula is C68H57NSi. The van der Waals surface area contributed by atoms with Gasteiger partial charge in [0.05, 0.1) is 5.69 Å². The van der Waals surface area contributed by atoms with Crippen LogP contribution in [0.5, 0.6) is 0 Å². The van der Waals surface area contributed by atoms with E-state index >= 15 is 0 Å². The predicted octanol–water partition coefficient (Wildman–Crippen LogP) is 15.5. The molecule has 0 atom stereocenters. The number of fused-ring (bicyclic) bond motifs is 4. The molecule has 0 aromatic heterocycles. The Bertz CT molecular complexity index is 3440. The van der Waals surface area contributed by atoms with Gasteiger partial charge < -0.3 is 4.90 Å². The Kier molecular flexibility index (Phi) is 10.8. The second-order valence-corrected chi connectivity index (χ2v) is 24.3. The first-order valence-corrected chi connectivity index (χ1v) is 27.0. The molecule has 0 saturated carbocycles. The van der Waals surface area contributed by atoms with E-state index in [1.165, 1.54) is 93.9 Å². The van der Waals surface area contributed by atoms with Crippen LogP contribution in [0.4, 0.5) is 17.1 Å². The van der Waals surface area contributed by atoms with Gasteiger partial charge in [-0.3, -0.25) is 0 Å². The number of benzene rings is 10. The maximum atomic E-state index is 2.55. The first kappa shape index (κ1) is 43.5. The van der Waals surface area contributed by atoms with Gasteiger partial charge in [-0.15, -0.1) is 0 Å². The van der Waals surface area contributed by atoms with Gasteiger partial charge in [0.25, 0.3) is 0 Å². The molecule has 0 saturated heterocycles. The number of para-hydroxylation sites is 1. The minimum Gasteiger partial charge on any atom is -0.310 e. The van der Waals surface area contributed by atoms with E-state index in [-0.39, 0.29) is 10.8 Å². The van der Waals surface area contributed by atoms with Crippen molar-refractivity contribution in [2.45, 2.75) is 51.4 Å². The van der Waals surface area contributed by atoms with Crippen LogP contribution in [0.2, 0.25) is 0 Å². The summed E-state index contributed by atoms with van der Waals surface area (Å²) in [4.78, 5) is 2.55. The van der Waals surface area contributed by atoms with E-state index in [0.717, 1.165) is 23.5 Å². The smallest absolute Gasteiger partial charge is 0.181 e. The maximum absolute atomic E-state index is 2.82. The highest BCUT2D eigenvalue weighted by molar-refractivity contribution is 7.22. The molecule has 1 nitrogen and oxygen atoms in total. The fourth-order valence-corrected chi connectivity index (χ4v) is 17.6. The summed E-state index contributed by atoms with van der Waals surface area (Å²) in [5.74, 6) is 0. The van der Waals surface area contributed by atoms with Crippen LogP contribution in [0.15, 0.2) is 249 Å². The molecule has 0 spiro atoms. The lowest BCUT2D eigenvalue weighted by Crippen LogP contribution is -2.73. The van der Waals surface area contributed by atoms with Crippen molar-refractivity contribution in [2.75, 3.05) is 4.90 Å². The van der Waals surface area contributed by atoms with Crippen LogP contribution in [0.1, 0.15) is 51.7 Å². The number of hydrogen-bond donors (Lipinski definition) is 0. The average Bonchev–Trinajstić information content (AvgIpc) is 3.72. The molecule has 10 aromatic carbocycles. The van der Waals surface area contributed by atoms with Crippen LogP contribution < -0.4 is 25.6 Å². The van der Waals surface area contributed by atoms with Crippen molar-refractivity contribution in [2.24, 2.45) is 0 Å². The first-order chi connectivity index (χ1) is 34.2. The molecule has 70 heavy (non-hydrogen) atoms. The highest BCUT2D eigenvalue weighted by Crippen LogP contribution is 2.52. The van der Waals surface area contributed by atoms with Crippen LogP contribution in [-0.4, -0.2) is 8.07 Å². The number of rotatable bonds is 9. The SMILES string of the molecule is CC1(C)CCC(C)(C)c2c(-c3ccccc3N(c3cc(-c4ccccc4)cc(-c4ccccc4)c3)c3cccc(-c4cccc5c4[Si](c4ccccc4)(c4ccccc4)c4ccccc4-5)c3)cccc21. The van der Waals surface area contributed by atoms with Gasteiger partial charge in [-0.05, 0) is 142 Å². The third kappa shape index (κ3) is 7.20. The lowest BCUT2D eigenvalue weighted by Gasteiger charge is -2.43. The maximum Gasteiger partial charge on any atom is 0.181 e. The highest BCUT2D eigenvalue weighted by atomic mass is 28.3. The third-order valence-electron chi connectivity index (χ3n) is 15.6. The third-order valence-corrected chi connectivity index (χ3v) is 20.5. The molecule has 1 aliphatic heterocycles. The molecule has 2 aliphatic rings. The molecule has 338 valence electrons. The largest absolute Gasteiger partial charge is 0.310 e. The van der Waals surface area contributed by atoms with Gasteiger partial charge in [0, 0.05) is 16.9 Å². The van der Waals surface area contributed by atoms with Crippen LogP contribution in [0.3, 0.4) is 0 Å². The zero-order chi connectivity index (χ0) is 47.5. The van der Waals surface area contributed by atoms with E-state index in [2.05, 4.69) is 281 Å². The zero-order valence-electron chi connectivity index (χ0n) is 40.5. The monoisotopic (exact) mass is 915 g/mol. The molecule has 10 aromatic rings. The molecule has 0 unspecified atom stereocenters. The first-order valence-electron chi connectivity index (χ1n) is 25.0. The lowest BCUT2D eigenvalue weighted by molar-refractivity contribution is 0.333. The van der Waals surface area contributed by atoms with Crippen molar-refractivity contribution < 1.29 is 0 Å². The van der Waals surface area contributed by atoms with Gasteiger partial charge >= 0.3 is 0 Å². The second kappa shape index (κ2) is 17.3. The summed E-state index contributed by atoms with van der Waals surface area (Å²) in [5, 5.41) is 5.70. The topological polar surface area (TPSA) is 3.24 Å². The molecule has 1 aliphatic carbocycles. The van der Waals surface area contributed by atoms with Crippen molar-refractivity contribution in [3.63, 3.8) is 0 Å². The molecule has 0 fully saturated rings. The fraction of sp³-hybridized carbons (Fsp3) is 0.118. The van der Waals surface area contributed by atoms with E-state index in [4.69, 9.17) is 0 Å². The van der Waals surface area contributed by atoms with Crippen LogP contribution >= 0.6 is 0 Å². The molecule has 0 amide bonds. The number of hydrogen-bond acceptors (Lipinski definition) is 1. The van der Waals surface area contributed by atoms with Crippen molar-refractivity contribution in [1.82, 2.24) is 0 Å². The van der Waals surface area contributed by atoms with E-state index in [0.29, 0.717) is 0 Å². The number of anilines is 3. The fourth-order valence-electron chi connectivity index (χ4n) is 12.2. The molecule has 0 radical (unpaired) electrons. The van der Waals surface area contributed by atoms with Crippen LogP contribution in [-0.2, 0) is 10.8 Å².